The standard InChI is InChI=1S/C20H17N5O2/c1-13(25-12-22-18-9-5-3-7-16(18)20(25)27)19(26)24-23-11-14-10-21-17-8-4-2-6-15(14)17/h2-13,21H,1H3,(H,24,26)/b23-11-. The second-order valence-corrected chi connectivity index (χ2v) is 6.17. The summed E-state index contributed by atoms with van der Waals surface area (Å²) >= 11 is 0. The van der Waals surface area contributed by atoms with Gasteiger partial charge in [0.1, 0.15) is 6.04 Å². The Morgan fingerprint density at radius 1 is 1.19 bits per heavy atom. The van der Waals surface area contributed by atoms with Crippen molar-refractivity contribution in [2.24, 2.45) is 5.10 Å². The smallest absolute Gasteiger partial charge is 0.262 e. The number of carbonyl (C=O) groups excluding carboxylic acids is 1. The van der Waals surface area contributed by atoms with Gasteiger partial charge in [-0.1, -0.05) is 30.3 Å². The molecule has 0 radical (unpaired) electrons. The molecule has 1 amide bonds. The van der Waals surface area contributed by atoms with Gasteiger partial charge in [0.05, 0.1) is 23.4 Å². The molecule has 0 saturated heterocycles. The Kier molecular flexibility index (Phi) is 4.25. The van der Waals surface area contributed by atoms with Crippen molar-refractivity contribution in [3.8, 4) is 0 Å². The topological polar surface area (TPSA) is 92.1 Å². The summed E-state index contributed by atoms with van der Waals surface area (Å²) in [6.45, 7) is 1.63. The van der Waals surface area contributed by atoms with E-state index in [4.69, 9.17) is 0 Å². The Hall–Kier alpha value is -3.74. The van der Waals surface area contributed by atoms with E-state index in [9.17, 15) is 9.59 Å². The fourth-order valence-corrected chi connectivity index (χ4v) is 2.94. The second-order valence-electron chi connectivity index (χ2n) is 6.17. The number of H-pyrrole nitrogens is 1. The van der Waals surface area contributed by atoms with Crippen molar-refractivity contribution in [2.75, 3.05) is 0 Å². The van der Waals surface area contributed by atoms with E-state index in [-0.39, 0.29) is 5.56 Å². The largest absolute Gasteiger partial charge is 0.361 e. The summed E-state index contributed by atoms with van der Waals surface area (Å²) in [4.78, 5) is 32.4. The highest BCUT2D eigenvalue weighted by atomic mass is 16.2. The van der Waals surface area contributed by atoms with Crippen molar-refractivity contribution in [3.63, 3.8) is 0 Å². The van der Waals surface area contributed by atoms with E-state index < -0.39 is 11.9 Å². The molecule has 0 aliphatic rings. The predicted octanol–water partition coefficient (Wildman–Crippen LogP) is 2.59. The monoisotopic (exact) mass is 359 g/mol. The summed E-state index contributed by atoms with van der Waals surface area (Å²) < 4.78 is 1.30. The molecule has 0 aliphatic carbocycles. The van der Waals surface area contributed by atoms with Crippen molar-refractivity contribution >= 4 is 33.9 Å². The Morgan fingerprint density at radius 2 is 1.93 bits per heavy atom. The summed E-state index contributed by atoms with van der Waals surface area (Å²) in [7, 11) is 0. The van der Waals surface area contributed by atoms with Crippen LogP contribution in [0.5, 0.6) is 0 Å². The maximum atomic E-state index is 12.6. The third kappa shape index (κ3) is 3.10. The Balaban J connectivity index is 1.53. The van der Waals surface area contributed by atoms with Crippen LogP contribution in [0.25, 0.3) is 21.8 Å². The summed E-state index contributed by atoms with van der Waals surface area (Å²) in [6.07, 6.45) is 4.78. The van der Waals surface area contributed by atoms with Gasteiger partial charge in [-0.25, -0.2) is 10.4 Å². The molecular weight excluding hydrogens is 342 g/mol. The van der Waals surface area contributed by atoms with Crippen LogP contribution < -0.4 is 11.0 Å². The number of nitrogens with one attached hydrogen (secondary N) is 2. The van der Waals surface area contributed by atoms with E-state index in [0.717, 1.165) is 16.5 Å². The van der Waals surface area contributed by atoms with Gasteiger partial charge in [0.15, 0.2) is 0 Å². The van der Waals surface area contributed by atoms with Crippen molar-refractivity contribution in [1.29, 1.82) is 0 Å². The zero-order valence-electron chi connectivity index (χ0n) is 14.6. The van der Waals surface area contributed by atoms with E-state index in [1.165, 1.54) is 10.9 Å². The average Bonchev–Trinajstić information content (AvgIpc) is 3.11. The van der Waals surface area contributed by atoms with E-state index in [2.05, 4.69) is 20.5 Å². The first-order chi connectivity index (χ1) is 13.1. The van der Waals surface area contributed by atoms with Gasteiger partial charge in [-0.15, -0.1) is 0 Å². The number of rotatable bonds is 4. The number of benzene rings is 2. The lowest BCUT2D eigenvalue weighted by atomic mass is 10.2. The molecule has 1 atom stereocenters. The average molecular weight is 359 g/mol. The molecule has 0 bridgehead atoms. The fourth-order valence-electron chi connectivity index (χ4n) is 2.94. The van der Waals surface area contributed by atoms with Gasteiger partial charge in [-0.05, 0) is 25.1 Å². The van der Waals surface area contributed by atoms with Crippen LogP contribution in [0.3, 0.4) is 0 Å². The van der Waals surface area contributed by atoms with E-state index >= 15 is 0 Å². The minimum atomic E-state index is -0.741. The number of para-hydroxylation sites is 2. The SMILES string of the molecule is CC(C(=O)N/N=C\c1c[nH]c2ccccc12)n1cnc2ccccc2c1=O. The number of fused-ring (bicyclic) bond motifs is 2. The first-order valence-corrected chi connectivity index (χ1v) is 8.50. The van der Waals surface area contributed by atoms with Crippen LogP contribution in [0, 0.1) is 0 Å². The third-order valence-corrected chi connectivity index (χ3v) is 4.49. The summed E-state index contributed by atoms with van der Waals surface area (Å²) in [5.41, 5.74) is 4.69. The Morgan fingerprint density at radius 3 is 2.78 bits per heavy atom. The van der Waals surface area contributed by atoms with Gasteiger partial charge in [-0.3, -0.25) is 14.2 Å². The molecular formula is C20H17N5O2. The van der Waals surface area contributed by atoms with Gasteiger partial charge in [0.25, 0.3) is 11.5 Å². The highest BCUT2D eigenvalue weighted by molar-refractivity contribution is 5.99. The fraction of sp³-hybridized carbons (Fsp3) is 0.100. The highest BCUT2D eigenvalue weighted by Gasteiger charge is 2.17. The molecule has 7 heteroatoms. The third-order valence-electron chi connectivity index (χ3n) is 4.49. The number of aromatic amines is 1. The molecule has 0 aliphatic heterocycles. The van der Waals surface area contributed by atoms with Crippen LogP contribution in [0.1, 0.15) is 18.5 Å². The number of aromatic nitrogens is 3. The van der Waals surface area contributed by atoms with Crippen molar-refractivity contribution in [3.05, 3.63) is 77.0 Å². The van der Waals surface area contributed by atoms with Crippen LogP contribution in [-0.2, 0) is 4.79 Å². The maximum absolute atomic E-state index is 12.6. The molecule has 2 N–H and O–H groups in total. The van der Waals surface area contributed by atoms with Gasteiger partial charge in [0.2, 0.25) is 0 Å². The quantitative estimate of drug-likeness (QED) is 0.433. The van der Waals surface area contributed by atoms with Crippen molar-refractivity contribution < 1.29 is 4.79 Å². The summed E-state index contributed by atoms with van der Waals surface area (Å²) in [6, 6.07) is 14.1. The first kappa shape index (κ1) is 16.7. The van der Waals surface area contributed by atoms with Gasteiger partial charge >= 0.3 is 0 Å². The number of carbonyl (C=O) groups is 1. The number of hydrogen-bond donors (Lipinski definition) is 2. The Labute approximate surface area is 154 Å². The first-order valence-electron chi connectivity index (χ1n) is 8.50. The molecule has 0 saturated carbocycles. The van der Waals surface area contributed by atoms with Crippen LogP contribution in [0.2, 0.25) is 0 Å². The number of nitrogens with zero attached hydrogens (tertiary/aromatic N) is 3. The highest BCUT2D eigenvalue weighted by Crippen LogP contribution is 2.15. The molecule has 2 aromatic heterocycles. The molecule has 1 unspecified atom stereocenters. The van der Waals surface area contributed by atoms with Crippen LogP contribution in [0.15, 0.2) is 71.0 Å². The summed E-state index contributed by atoms with van der Waals surface area (Å²) in [5.74, 6) is -0.398. The Bertz CT molecular complexity index is 1220. The minimum absolute atomic E-state index is 0.260. The second kappa shape index (κ2) is 6.87. The maximum Gasteiger partial charge on any atom is 0.262 e. The molecule has 0 spiro atoms. The van der Waals surface area contributed by atoms with Gasteiger partial charge in [-0.2, -0.15) is 5.10 Å². The van der Waals surface area contributed by atoms with Gasteiger partial charge in [0, 0.05) is 22.7 Å². The van der Waals surface area contributed by atoms with Crippen LogP contribution in [0.4, 0.5) is 0 Å². The minimum Gasteiger partial charge on any atom is -0.361 e. The molecule has 4 aromatic rings. The lowest BCUT2D eigenvalue weighted by molar-refractivity contribution is -0.123. The molecule has 2 aromatic carbocycles. The number of amides is 1. The summed E-state index contributed by atoms with van der Waals surface area (Å²) in [5, 5.41) is 5.51. The molecule has 0 fully saturated rings. The normalized spacial score (nSPS) is 12.6. The molecule has 2 heterocycles. The molecule has 27 heavy (non-hydrogen) atoms. The number of hydrazone groups is 1. The zero-order chi connectivity index (χ0) is 18.8. The molecule has 134 valence electrons. The van der Waals surface area contributed by atoms with Gasteiger partial charge < -0.3 is 4.98 Å². The van der Waals surface area contributed by atoms with Crippen molar-refractivity contribution in [2.45, 2.75) is 13.0 Å². The molecule has 7 nitrogen and oxygen atoms in total. The van der Waals surface area contributed by atoms with Crippen molar-refractivity contribution in [1.82, 2.24) is 20.0 Å². The lowest BCUT2D eigenvalue weighted by Crippen LogP contribution is -2.33. The van der Waals surface area contributed by atoms with Crippen LogP contribution >= 0.6 is 0 Å². The molecule has 4 rings (SSSR count). The van der Waals surface area contributed by atoms with E-state index in [1.807, 2.05) is 36.5 Å². The number of hydrogen-bond acceptors (Lipinski definition) is 4. The predicted molar refractivity (Wildman–Crippen MR) is 105 cm³/mol. The lowest BCUT2D eigenvalue weighted by Gasteiger charge is -2.13. The van der Waals surface area contributed by atoms with E-state index in [1.54, 1.807) is 31.3 Å². The zero-order valence-corrected chi connectivity index (χ0v) is 14.6. The van der Waals surface area contributed by atoms with E-state index in [0.29, 0.717) is 10.9 Å². The van der Waals surface area contributed by atoms with Crippen LogP contribution in [-0.4, -0.2) is 26.7 Å².